The van der Waals surface area contributed by atoms with E-state index in [1.54, 1.807) is 0 Å². The molecule has 0 saturated carbocycles. The second-order valence-corrected chi connectivity index (χ2v) is 4.29. The van der Waals surface area contributed by atoms with Crippen molar-refractivity contribution in [2.75, 3.05) is 26.2 Å². The van der Waals surface area contributed by atoms with Crippen molar-refractivity contribution in [2.24, 2.45) is 0 Å². The van der Waals surface area contributed by atoms with Crippen molar-refractivity contribution in [1.82, 2.24) is 10.2 Å². The average molecular weight is 215 g/mol. The summed E-state index contributed by atoms with van der Waals surface area (Å²) >= 11 is 0. The minimum atomic E-state index is 0.799. The van der Waals surface area contributed by atoms with Crippen LogP contribution in [-0.4, -0.2) is 31.1 Å². The number of aryl methyl sites for hydroxylation is 1. The Hall–Kier alpha value is -1.37. The van der Waals surface area contributed by atoms with Gasteiger partial charge in [-0.1, -0.05) is 12.1 Å². The zero-order chi connectivity index (χ0) is 11.4. The maximum Gasteiger partial charge on any atom is 0.0994 e. The van der Waals surface area contributed by atoms with Crippen molar-refractivity contribution in [3.8, 4) is 6.07 Å². The summed E-state index contributed by atoms with van der Waals surface area (Å²) in [6.45, 7) is 7.25. The largest absolute Gasteiger partial charge is 0.314 e. The smallest absolute Gasteiger partial charge is 0.0994 e. The Morgan fingerprint density at radius 2 is 2.12 bits per heavy atom. The topological polar surface area (TPSA) is 39.1 Å². The molecule has 1 heterocycles. The van der Waals surface area contributed by atoms with Gasteiger partial charge in [-0.3, -0.25) is 4.90 Å². The van der Waals surface area contributed by atoms with Crippen LogP contribution >= 0.6 is 0 Å². The fourth-order valence-corrected chi connectivity index (χ4v) is 2.02. The molecule has 0 radical (unpaired) electrons. The molecular formula is C13H17N3. The van der Waals surface area contributed by atoms with Gasteiger partial charge in [-0.25, -0.2) is 0 Å². The van der Waals surface area contributed by atoms with E-state index in [2.05, 4.69) is 22.4 Å². The van der Waals surface area contributed by atoms with Crippen LogP contribution in [0.2, 0.25) is 0 Å². The molecule has 1 N–H and O–H groups in total. The molecule has 1 aliphatic rings. The molecule has 3 heteroatoms. The third kappa shape index (κ3) is 2.60. The molecule has 0 aliphatic carbocycles. The van der Waals surface area contributed by atoms with Crippen LogP contribution in [0.15, 0.2) is 18.2 Å². The fourth-order valence-electron chi connectivity index (χ4n) is 2.02. The van der Waals surface area contributed by atoms with Crippen molar-refractivity contribution in [1.29, 1.82) is 5.26 Å². The molecule has 16 heavy (non-hydrogen) atoms. The Bertz CT molecular complexity index is 400. The Kier molecular flexibility index (Phi) is 3.55. The molecule has 3 nitrogen and oxygen atoms in total. The van der Waals surface area contributed by atoms with Crippen LogP contribution < -0.4 is 5.32 Å². The molecule has 0 bridgehead atoms. The lowest BCUT2D eigenvalue weighted by Crippen LogP contribution is -2.42. The number of nitrogens with one attached hydrogen (secondary N) is 1. The maximum atomic E-state index is 8.98. The molecule has 0 unspecified atom stereocenters. The van der Waals surface area contributed by atoms with Gasteiger partial charge in [-0.15, -0.1) is 0 Å². The summed E-state index contributed by atoms with van der Waals surface area (Å²) in [4.78, 5) is 2.42. The first-order valence-corrected chi connectivity index (χ1v) is 5.72. The summed E-state index contributed by atoms with van der Waals surface area (Å²) in [5.74, 6) is 0. The van der Waals surface area contributed by atoms with Gasteiger partial charge in [0.1, 0.15) is 0 Å². The Morgan fingerprint density at radius 3 is 2.81 bits per heavy atom. The van der Waals surface area contributed by atoms with Gasteiger partial charge in [0.2, 0.25) is 0 Å². The lowest BCUT2D eigenvalue weighted by molar-refractivity contribution is 0.233. The van der Waals surface area contributed by atoms with E-state index in [-0.39, 0.29) is 0 Å². The monoisotopic (exact) mass is 215 g/mol. The number of hydrogen-bond acceptors (Lipinski definition) is 3. The van der Waals surface area contributed by atoms with Crippen LogP contribution in [0.4, 0.5) is 0 Å². The second kappa shape index (κ2) is 5.11. The number of benzene rings is 1. The van der Waals surface area contributed by atoms with Gasteiger partial charge in [0.15, 0.2) is 0 Å². The van der Waals surface area contributed by atoms with E-state index < -0.39 is 0 Å². The van der Waals surface area contributed by atoms with Gasteiger partial charge in [0.05, 0.1) is 11.6 Å². The highest BCUT2D eigenvalue weighted by Crippen LogP contribution is 2.12. The lowest BCUT2D eigenvalue weighted by atomic mass is 10.1. The van der Waals surface area contributed by atoms with Crippen molar-refractivity contribution in [3.05, 3.63) is 34.9 Å². The third-order valence-corrected chi connectivity index (χ3v) is 3.04. The highest BCUT2D eigenvalue weighted by molar-refractivity contribution is 5.39. The van der Waals surface area contributed by atoms with E-state index in [4.69, 9.17) is 5.26 Å². The summed E-state index contributed by atoms with van der Waals surface area (Å²) in [5.41, 5.74) is 3.10. The first kappa shape index (κ1) is 11.1. The summed E-state index contributed by atoms with van der Waals surface area (Å²) < 4.78 is 0. The quantitative estimate of drug-likeness (QED) is 0.807. The van der Waals surface area contributed by atoms with Crippen molar-refractivity contribution >= 4 is 0 Å². The minimum absolute atomic E-state index is 0.799. The van der Waals surface area contributed by atoms with Crippen LogP contribution in [-0.2, 0) is 6.54 Å². The third-order valence-electron chi connectivity index (χ3n) is 3.04. The SMILES string of the molecule is Cc1ccc(CN2CCNCC2)cc1C#N. The average Bonchev–Trinajstić information content (AvgIpc) is 2.33. The van der Waals surface area contributed by atoms with E-state index in [9.17, 15) is 0 Å². The fraction of sp³-hybridized carbons (Fsp3) is 0.462. The molecule has 0 aromatic heterocycles. The van der Waals surface area contributed by atoms with Crippen LogP contribution in [0.1, 0.15) is 16.7 Å². The summed E-state index contributed by atoms with van der Waals surface area (Å²) in [6.07, 6.45) is 0. The van der Waals surface area contributed by atoms with E-state index in [1.807, 2.05) is 19.1 Å². The van der Waals surface area contributed by atoms with Gasteiger partial charge >= 0.3 is 0 Å². The zero-order valence-electron chi connectivity index (χ0n) is 9.66. The number of nitrogens with zero attached hydrogens (tertiary/aromatic N) is 2. The zero-order valence-corrected chi connectivity index (χ0v) is 9.66. The molecule has 1 saturated heterocycles. The van der Waals surface area contributed by atoms with Gasteiger partial charge < -0.3 is 5.32 Å². The van der Waals surface area contributed by atoms with Gasteiger partial charge in [0, 0.05) is 32.7 Å². The molecule has 1 fully saturated rings. The summed E-state index contributed by atoms with van der Waals surface area (Å²) in [7, 11) is 0. The molecule has 1 aromatic rings. The van der Waals surface area contributed by atoms with Crippen molar-refractivity contribution in [2.45, 2.75) is 13.5 Å². The first-order chi connectivity index (χ1) is 7.79. The number of hydrogen-bond donors (Lipinski definition) is 1. The van der Waals surface area contributed by atoms with Gasteiger partial charge in [-0.2, -0.15) is 5.26 Å². The maximum absolute atomic E-state index is 8.98. The van der Waals surface area contributed by atoms with E-state index in [0.29, 0.717) is 0 Å². The molecule has 0 atom stereocenters. The standard InChI is InChI=1S/C13H17N3/c1-11-2-3-12(8-13(11)9-14)10-16-6-4-15-5-7-16/h2-3,8,15H,4-7,10H2,1H3. The van der Waals surface area contributed by atoms with Gasteiger partial charge in [0.25, 0.3) is 0 Å². The number of rotatable bonds is 2. The normalized spacial score (nSPS) is 17.0. The molecule has 0 spiro atoms. The molecule has 84 valence electrons. The first-order valence-electron chi connectivity index (χ1n) is 5.72. The molecule has 1 aliphatic heterocycles. The minimum Gasteiger partial charge on any atom is -0.314 e. The van der Waals surface area contributed by atoms with Crippen molar-refractivity contribution < 1.29 is 0 Å². The summed E-state index contributed by atoms with van der Waals surface area (Å²) in [6, 6.07) is 8.41. The highest BCUT2D eigenvalue weighted by atomic mass is 15.2. The van der Waals surface area contributed by atoms with Crippen LogP contribution in [0.5, 0.6) is 0 Å². The van der Waals surface area contributed by atoms with E-state index in [1.165, 1.54) is 5.56 Å². The molecule has 2 rings (SSSR count). The number of piperazine rings is 1. The van der Waals surface area contributed by atoms with Crippen LogP contribution in [0, 0.1) is 18.3 Å². The van der Waals surface area contributed by atoms with Crippen LogP contribution in [0.25, 0.3) is 0 Å². The Labute approximate surface area is 96.7 Å². The predicted molar refractivity (Wildman–Crippen MR) is 64.0 cm³/mol. The Morgan fingerprint density at radius 1 is 1.38 bits per heavy atom. The van der Waals surface area contributed by atoms with E-state index >= 15 is 0 Å². The van der Waals surface area contributed by atoms with Crippen molar-refractivity contribution in [3.63, 3.8) is 0 Å². The molecule has 1 aromatic carbocycles. The molecule has 0 amide bonds. The number of nitriles is 1. The second-order valence-electron chi connectivity index (χ2n) is 4.29. The van der Waals surface area contributed by atoms with E-state index in [0.717, 1.165) is 43.9 Å². The Balaban J connectivity index is 2.06. The van der Waals surface area contributed by atoms with Gasteiger partial charge in [-0.05, 0) is 24.1 Å². The predicted octanol–water partition coefficient (Wildman–Crippen LogP) is 1.27. The summed E-state index contributed by atoms with van der Waals surface area (Å²) in [5, 5.41) is 12.3. The highest BCUT2D eigenvalue weighted by Gasteiger charge is 2.10. The van der Waals surface area contributed by atoms with Crippen LogP contribution in [0.3, 0.4) is 0 Å². The lowest BCUT2D eigenvalue weighted by Gasteiger charge is -2.27. The molecular weight excluding hydrogens is 198 g/mol.